The van der Waals surface area contributed by atoms with E-state index < -0.39 is 0 Å². The van der Waals surface area contributed by atoms with E-state index in [-0.39, 0.29) is 0 Å². The van der Waals surface area contributed by atoms with Gasteiger partial charge in [-0.2, -0.15) is 0 Å². The molecule has 0 saturated heterocycles. The quantitative estimate of drug-likeness (QED) is 0.873. The number of fused-ring (bicyclic) bond motifs is 1. The zero-order chi connectivity index (χ0) is 11.8. The van der Waals surface area contributed by atoms with Crippen molar-refractivity contribution in [3.63, 3.8) is 0 Å². The summed E-state index contributed by atoms with van der Waals surface area (Å²) in [6.45, 7) is 0. The molecule has 0 amide bonds. The first-order chi connectivity index (χ1) is 8.24. The Morgan fingerprint density at radius 1 is 1.18 bits per heavy atom. The van der Waals surface area contributed by atoms with E-state index in [1.165, 1.54) is 25.7 Å². The summed E-state index contributed by atoms with van der Waals surface area (Å²) in [6.07, 6.45) is 4.96. The highest BCUT2D eigenvalue weighted by atomic mass is 79.9. The van der Waals surface area contributed by atoms with Gasteiger partial charge < -0.3 is 5.73 Å². The number of anilines is 1. The molecule has 0 spiro atoms. The highest BCUT2D eigenvalue weighted by Crippen LogP contribution is 2.33. The molecule has 0 atom stereocenters. The summed E-state index contributed by atoms with van der Waals surface area (Å²) in [5.41, 5.74) is 6.97. The molecule has 3 nitrogen and oxygen atoms in total. The van der Waals surface area contributed by atoms with Gasteiger partial charge in [0.1, 0.15) is 11.6 Å². The summed E-state index contributed by atoms with van der Waals surface area (Å²) < 4.78 is 1.01. The number of nitrogens with two attached hydrogens (primary N) is 1. The van der Waals surface area contributed by atoms with Crippen molar-refractivity contribution < 1.29 is 0 Å². The SMILES string of the molecule is Nc1nc(C2CCCC2)nc2ccc(Br)cc12. The van der Waals surface area contributed by atoms with Crippen LogP contribution < -0.4 is 5.73 Å². The molecule has 1 fully saturated rings. The van der Waals surface area contributed by atoms with E-state index in [9.17, 15) is 0 Å². The van der Waals surface area contributed by atoms with Crippen LogP contribution in [-0.4, -0.2) is 9.97 Å². The summed E-state index contributed by atoms with van der Waals surface area (Å²) >= 11 is 3.44. The number of hydrogen-bond acceptors (Lipinski definition) is 3. The standard InChI is InChI=1S/C13H14BrN3/c14-9-5-6-11-10(7-9)12(15)17-13(16-11)8-3-1-2-4-8/h5-8H,1-4H2,(H2,15,16,17). The predicted octanol–water partition coefficient (Wildman–Crippen LogP) is 3.63. The van der Waals surface area contributed by atoms with Crippen LogP contribution in [0.15, 0.2) is 22.7 Å². The molecule has 1 heterocycles. The van der Waals surface area contributed by atoms with Crippen molar-refractivity contribution in [1.29, 1.82) is 0 Å². The highest BCUT2D eigenvalue weighted by molar-refractivity contribution is 9.10. The molecule has 88 valence electrons. The summed E-state index contributed by atoms with van der Waals surface area (Å²) in [6, 6.07) is 5.96. The summed E-state index contributed by atoms with van der Waals surface area (Å²) in [7, 11) is 0. The van der Waals surface area contributed by atoms with Crippen LogP contribution in [0, 0.1) is 0 Å². The smallest absolute Gasteiger partial charge is 0.135 e. The van der Waals surface area contributed by atoms with E-state index in [1.807, 2.05) is 18.2 Å². The van der Waals surface area contributed by atoms with E-state index >= 15 is 0 Å². The fourth-order valence-electron chi connectivity index (χ4n) is 2.51. The second-order valence-corrected chi connectivity index (χ2v) is 5.53. The first-order valence-corrected chi connectivity index (χ1v) is 6.76. The maximum Gasteiger partial charge on any atom is 0.135 e. The monoisotopic (exact) mass is 291 g/mol. The molecule has 1 aromatic carbocycles. The maximum atomic E-state index is 6.02. The van der Waals surface area contributed by atoms with Gasteiger partial charge in [-0.1, -0.05) is 28.8 Å². The van der Waals surface area contributed by atoms with Gasteiger partial charge in [0.2, 0.25) is 0 Å². The zero-order valence-corrected chi connectivity index (χ0v) is 11.1. The van der Waals surface area contributed by atoms with Crippen molar-refractivity contribution in [1.82, 2.24) is 9.97 Å². The molecule has 2 aromatic rings. The predicted molar refractivity (Wildman–Crippen MR) is 72.9 cm³/mol. The molecular weight excluding hydrogens is 278 g/mol. The molecule has 1 saturated carbocycles. The average molecular weight is 292 g/mol. The van der Waals surface area contributed by atoms with Crippen LogP contribution in [-0.2, 0) is 0 Å². The average Bonchev–Trinajstić information content (AvgIpc) is 2.83. The van der Waals surface area contributed by atoms with Crippen LogP contribution in [0.1, 0.15) is 37.4 Å². The fourth-order valence-corrected chi connectivity index (χ4v) is 2.87. The van der Waals surface area contributed by atoms with Crippen molar-refractivity contribution in [3.05, 3.63) is 28.5 Å². The van der Waals surface area contributed by atoms with E-state index in [0.29, 0.717) is 11.7 Å². The van der Waals surface area contributed by atoms with Crippen LogP contribution >= 0.6 is 15.9 Å². The summed E-state index contributed by atoms with van der Waals surface area (Å²) in [5, 5.41) is 0.932. The molecule has 3 rings (SSSR count). The first kappa shape index (κ1) is 11.0. The minimum atomic E-state index is 0.505. The molecule has 0 unspecified atom stereocenters. The van der Waals surface area contributed by atoms with Gasteiger partial charge in [-0.05, 0) is 31.0 Å². The van der Waals surface area contributed by atoms with Gasteiger partial charge in [-0.15, -0.1) is 0 Å². The summed E-state index contributed by atoms with van der Waals surface area (Å²) in [4.78, 5) is 9.12. The molecule has 0 aliphatic heterocycles. The van der Waals surface area contributed by atoms with Crippen molar-refractivity contribution in [2.75, 3.05) is 5.73 Å². The number of nitrogen functional groups attached to an aromatic ring is 1. The van der Waals surface area contributed by atoms with Gasteiger partial charge in [0, 0.05) is 15.8 Å². The highest BCUT2D eigenvalue weighted by Gasteiger charge is 2.20. The Bertz CT molecular complexity index is 562. The van der Waals surface area contributed by atoms with Gasteiger partial charge in [0.15, 0.2) is 0 Å². The lowest BCUT2D eigenvalue weighted by Crippen LogP contribution is -2.04. The fraction of sp³-hybridized carbons (Fsp3) is 0.385. The Balaban J connectivity index is 2.13. The minimum absolute atomic E-state index is 0.505. The van der Waals surface area contributed by atoms with Crippen molar-refractivity contribution in [2.45, 2.75) is 31.6 Å². The Morgan fingerprint density at radius 2 is 1.94 bits per heavy atom. The van der Waals surface area contributed by atoms with Gasteiger partial charge in [-0.25, -0.2) is 9.97 Å². The van der Waals surface area contributed by atoms with E-state index in [4.69, 9.17) is 5.73 Å². The topological polar surface area (TPSA) is 51.8 Å². The second kappa shape index (κ2) is 4.26. The minimum Gasteiger partial charge on any atom is -0.383 e. The molecule has 1 aromatic heterocycles. The molecule has 1 aliphatic carbocycles. The number of nitrogens with zero attached hydrogens (tertiary/aromatic N) is 2. The lowest BCUT2D eigenvalue weighted by atomic mass is 10.1. The molecule has 0 bridgehead atoms. The number of hydrogen-bond donors (Lipinski definition) is 1. The van der Waals surface area contributed by atoms with Gasteiger partial charge >= 0.3 is 0 Å². The van der Waals surface area contributed by atoms with Crippen molar-refractivity contribution in [3.8, 4) is 0 Å². The van der Waals surface area contributed by atoms with Crippen LogP contribution in [0.4, 0.5) is 5.82 Å². The van der Waals surface area contributed by atoms with E-state index in [1.54, 1.807) is 0 Å². The lowest BCUT2D eigenvalue weighted by molar-refractivity contribution is 0.674. The number of aromatic nitrogens is 2. The molecule has 2 N–H and O–H groups in total. The zero-order valence-electron chi connectivity index (χ0n) is 9.49. The molecule has 4 heteroatoms. The first-order valence-electron chi connectivity index (χ1n) is 5.97. The van der Waals surface area contributed by atoms with Crippen LogP contribution in [0.25, 0.3) is 10.9 Å². The van der Waals surface area contributed by atoms with Crippen LogP contribution in [0.2, 0.25) is 0 Å². The van der Waals surface area contributed by atoms with Crippen molar-refractivity contribution >= 4 is 32.7 Å². The van der Waals surface area contributed by atoms with Gasteiger partial charge in [0.05, 0.1) is 5.52 Å². The third kappa shape index (κ3) is 2.02. The van der Waals surface area contributed by atoms with Crippen LogP contribution in [0.5, 0.6) is 0 Å². The normalized spacial score (nSPS) is 16.8. The second-order valence-electron chi connectivity index (χ2n) is 4.61. The van der Waals surface area contributed by atoms with Crippen molar-refractivity contribution in [2.24, 2.45) is 0 Å². The molecule has 1 aliphatic rings. The molecule has 0 radical (unpaired) electrons. The largest absolute Gasteiger partial charge is 0.383 e. The third-order valence-corrected chi connectivity index (χ3v) is 3.92. The Morgan fingerprint density at radius 3 is 2.71 bits per heavy atom. The Kier molecular flexibility index (Phi) is 2.74. The lowest BCUT2D eigenvalue weighted by Gasteiger charge is -2.10. The summed E-state index contributed by atoms with van der Waals surface area (Å²) in [5.74, 6) is 2.03. The number of halogens is 1. The van der Waals surface area contributed by atoms with Crippen LogP contribution in [0.3, 0.4) is 0 Å². The Labute approximate surface area is 109 Å². The number of benzene rings is 1. The third-order valence-electron chi connectivity index (χ3n) is 3.42. The number of rotatable bonds is 1. The maximum absolute atomic E-state index is 6.02. The van der Waals surface area contributed by atoms with Gasteiger partial charge in [-0.3, -0.25) is 0 Å². The van der Waals surface area contributed by atoms with E-state index in [2.05, 4.69) is 25.9 Å². The molecular formula is C13H14BrN3. The Hall–Kier alpha value is -1.16. The van der Waals surface area contributed by atoms with E-state index in [0.717, 1.165) is 21.2 Å². The molecule has 17 heavy (non-hydrogen) atoms. The van der Waals surface area contributed by atoms with Gasteiger partial charge in [0.25, 0.3) is 0 Å².